The average Bonchev–Trinajstić information content (AvgIpc) is 3.24. The molecular weight excluding hydrogens is 406 g/mol. The quantitative estimate of drug-likeness (QED) is 0.279. The second-order valence-electron chi connectivity index (χ2n) is 6.91. The van der Waals surface area contributed by atoms with E-state index in [1.54, 1.807) is 31.8 Å². The molecular formula is C25H23N3O2S. The zero-order chi connectivity index (χ0) is 21.6. The van der Waals surface area contributed by atoms with Crippen molar-refractivity contribution in [3.8, 4) is 33.2 Å². The Kier molecular flexibility index (Phi) is 6.29. The normalized spacial score (nSPS) is 10.9. The van der Waals surface area contributed by atoms with Gasteiger partial charge in [-0.25, -0.2) is 4.98 Å². The predicted octanol–water partition coefficient (Wildman–Crippen LogP) is 6.25. The van der Waals surface area contributed by atoms with Crippen LogP contribution in [-0.2, 0) is 0 Å². The largest absolute Gasteiger partial charge is 0.497 e. The van der Waals surface area contributed by atoms with Crippen molar-refractivity contribution in [1.82, 2.24) is 4.98 Å². The van der Waals surface area contributed by atoms with Gasteiger partial charge >= 0.3 is 0 Å². The number of rotatable bonds is 7. The molecule has 4 aromatic rings. The molecule has 1 heterocycles. The summed E-state index contributed by atoms with van der Waals surface area (Å²) in [5, 5.41) is 5.10. The molecule has 31 heavy (non-hydrogen) atoms. The van der Waals surface area contributed by atoms with Crippen molar-refractivity contribution >= 4 is 22.7 Å². The van der Waals surface area contributed by atoms with Crippen LogP contribution in [0.15, 0.2) is 77.9 Å². The van der Waals surface area contributed by atoms with Crippen LogP contribution >= 0.6 is 11.3 Å². The molecule has 0 unspecified atom stereocenters. The van der Waals surface area contributed by atoms with Gasteiger partial charge in [0.2, 0.25) is 5.13 Å². The number of thiazole rings is 1. The van der Waals surface area contributed by atoms with Gasteiger partial charge in [0, 0.05) is 17.2 Å². The van der Waals surface area contributed by atoms with Crippen molar-refractivity contribution in [2.24, 2.45) is 5.10 Å². The second-order valence-corrected chi connectivity index (χ2v) is 7.91. The van der Waals surface area contributed by atoms with E-state index in [2.05, 4.69) is 53.8 Å². The summed E-state index contributed by atoms with van der Waals surface area (Å²) in [5.74, 6) is 1.42. The molecule has 0 saturated heterocycles. The molecule has 156 valence electrons. The standard InChI is InChI=1S/C25H23N3O2S/c1-17-9-11-18(12-10-17)23-24(19-7-5-4-6-8-19)31-25(27-23)28-26-16-20-13-14-21(29-2)15-22(20)30-3/h4-16H,1-3H3,(H,27,28)/b26-16-. The van der Waals surface area contributed by atoms with Crippen LogP contribution in [0.3, 0.4) is 0 Å². The first-order valence-corrected chi connectivity index (χ1v) is 10.6. The van der Waals surface area contributed by atoms with Crippen LogP contribution < -0.4 is 14.9 Å². The molecule has 3 aromatic carbocycles. The zero-order valence-electron chi connectivity index (χ0n) is 17.6. The van der Waals surface area contributed by atoms with Crippen LogP contribution in [-0.4, -0.2) is 25.4 Å². The molecule has 4 rings (SSSR count). The molecule has 0 bridgehead atoms. The minimum atomic E-state index is 0.689. The highest BCUT2D eigenvalue weighted by Gasteiger charge is 2.14. The summed E-state index contributed by atoms with van der Waals surface area (Å²) < 4.78 is 10.7. The average molecular weight is 430 g/mol. The topological polar surface area (TPSA) is 55.7 Å². The number of nitrogens with one attached hydrogen (secondary N) is 1. The maximum absolute atomic E-state index is 5.43. The van der Waals surface area contributed by atoms with E-state index < -0.39 is 0 Å². The van der Waals surface area contributed by atoms with Crippen LogP contribution in [0.1, 0.15) is 11.1 Å². The monoisotopic (exact) mass is 429 g/mol. The van der Waals surface area contributed by atoms with Gasteiger partial charge < -0.3 is 9.47 Å². The summed E-state index contributed by atoms with van der Waals surface area (Å²) in [6.45, 7) is 2.08. The number of aromatic nitrogens is 1. The van der Waals surface area contributed by atoms with Gasteiger partial charge in [0.25, 0.3) is 0 Å². The Morgan fingerprint density at radius 3 is 2.39 bits per heavy atom. The number of anilines is 1. The highest BCUT2D eigenvalue weighted by atomic mass is 32.1. The predicted molar refractivity (Wildman–Crippen MR) is 128 cm³/mol. The lowest BCUT2D eigenvalue weighted by Gasteiger charge is -2.06. The van der Waals surface area contributed by atoms with Crippen molar-refractivity contribution in [2.75, 3.05) is 19.6 Å². The molecule has 1 N–H and O–H groups in total. The van der Waals surface area contributed by atoms with Crippen LogP contribution in [0.4, 0.5) is 5.13 Å². The van der Waals surface area contributed by atoms with E-state index in [1.165, 1.54) is 5.56 Å². The van der Waals surface area contributed by atoms with E-state index >= 15 is 0 Å². The maximum Gasteiger partial charge on any atom is 0.204 e. The van der Waals surface area contributed by atoms with Gasteiger partial charge in [-0.05, 0) is 24.6 Å². The zero-order valence-corrected chi connectivity index (χ0v) is 18.4. The molecule has 0 aliphatic heterocycles. The van der Waals surface area contributed by atoms with Gasteiger partial charge in [0.05, 0.1) is 31.0 Å². The van der Waals surface area contributed by atoms with Gasteiger partial charge in [0.1, 0.15) is 11.5 Å². The van der Waals surface area contributed by atoms with E-state index in [1.807, 2.05) is 36.4 Å². The number of aryl methyl sites for hydroxylation is 1. The highest BCUT2D eigenvalue weighted by molar-refractivity contribution is 7.19. The molecule has 0 fully saturated rings. The number of nitrogens with zero attached hydrogens (tertiary/aromatic N) is 2. The summed E-state index contributed by atoms with van der Waals surface area (Å²) in [4.78, 5) is 5.93. The van der Waals surface area contributed by atoms with E-state index in [0.717, 1.165) is 38.1 Å². The second kappa shape index (κ2) is 9.45. The molecule has 0 amide bonds. The lowest BCUT2D eigenvalue weighted by Crippen LogP contribution is -1.95. The number of methoxy groups -OCH3 is 2. The third-order valence-electron chi connectivity index (χ3n) is 4.79. The molecule has 0 aliphatic rings. The third-order valence-corrected chi connectivity index (χ3v) is 5.80. The van der Waals surface area contributed by atoms with Gasteiger partial charge in [-0.3, -0.25) is 5.43 Å². The first kappa shape index (κ1) is 20.6. The van der Waals surface area contributed by atoms with Gasteiger partial charge in [-0.2, -0.15) is 5.10 Å². The van der Waals surface area contributed by atoms with Gasteiger partial charge in [0.15, 0.2) is 0 Å². The van der Waals surface area contributed by atoms with Crippen molar-refractivity contribution in [3.05, 3.63) is 83.9 Å². The Morgan fingerprint density at radius 2 is 1.68 bits per heavy atom. The summed E-state index contributed by atoms with van der Waals surface area (Å²) in [5.41, 5.74) is 8.28. The van der Waals surface area contributed by atoms with Crippen LogP contribution in [0, 0.1) is 6.92 Å². The Morgan fingerprint density at radius 1 is 0.903 bits per heavy atom. The molecule has 0 radical (unpaired) electrons. The molecule has 0 spiro atoms. The van der Waals surface area contributed by atoms with E-state index in [9.17, 15) is 0 Å². The SMILES string of the molecule is COc1ccc(/C=N\Nc2nc(-c3ccc(C)cc3)c(-c3ccccc3)s2)c(OC)c1. The first-order valence-electron chi connectivity index (χ1n) is 9.82. The minimum Gasteiger partial charge on any atom is -0.497 e. The van der Waals surface area contributed by atoms with Crippen LogP contribution in [0.2, 0.25) is 0 Å². The number of hydrogen-bond donors (Lipinski definition) is 1. The van der Waals surface area contributed by atoms with E-state index in [4.69, 9.17) is 14.5 Å². The van der Waals surface area contributed by atoms with E-state index in [0.29, 0.717) is 5.75 Å². The lowest BCUT2D eigenvalue weighted by atomic mass is 10.1. The molecule has 5 nitrogen and oxygen atoms in total. The Hall–Kier alpha value is -3.64. The minimum absolute atomic E-state index is 0.689. The summed E-state index contributed by atoms with van der Waals surface area (Å²) in [6.07, 6.45) is 1.72. The van der Waals surface area contributed by atoms with Crippen molar-refractivity contribution < 1.29 is 9.47 Å². The van der Waals surface area contributed by atoms with Crippen LogP contribution in [0.5, 0.6) is 11.5 Å². The fraction of sp³-hybridized carbons (Fsp3) is 0.120. The number of benzene rings is 3. The third kappa shape index (κ3) is 4.75. The molecule has 0 atom stereocenters. The molecule has 1 aromatic heterocycles. The van der Waals surface area contributed by atoms with Crippen molar-refractivity contribution in [3.63, 3.8) is 0 Å². The summed E-state index contributed by atoms with van der Waals surface area (Å²) in [6, 6.07) is 24.3. The number of hydrogen-bond acceptors (Lipinski definition) is 6. The lowest BCUT2D eigenvalue weighted by molar-refractivity contribution is 0.394. The highest BCUT2D eigenvalue weighted by Crippen LogP contribution is 2.39. The van der Waals surface area contributed by atoms with Crippen molar-refractivity contribution in [1.29, 1.82) is 0 Å². The molecule has 0 aliphatic carbocycles. The Labute approximate surface area is 186 Å². The van der Waals surface area contributed by atoms with Crippen molar-refractivity contribution in [2.45, 2.75) is 6.92 Å². The molecule has 0 saturated carbocycles. The van der Waals surface area contributed by atoms with Gasteiger partial charge in [-0.1, -0.05) is 71.5 Å². The van der Waals surface area contributed by atoms with Crippen LogP contribution in [0.25, 0.3) is 21.7 Å². The fourth-order valence-electron chi connectivity index (χ4n) is 3.14. The number of ether oxygens (including phenoxy) is 2. The number of hydrazone groups is 1. The molecule has 6 heteroatoms. The maximum atomic E-state index is 5.43. The van der Waals surface area contributed by atoms with Gasteiger partial charge in [-0.15, -0.1) is 0 Å². The first-order chi connectivity index (χ1) is 15.2. The smallest absolute Gasteiger partial charge is 0.204 e. The summed E-state index contributed by atoms with van der Waals surface area (Å²) >= 11 is 1.58. The summed E-state index contributed by atoms with van der Waals surface area (Å²) in [7, 11) is 3.25. The fourth-order valence-corrected chi connectivity index (χ4v) is 4.09. The Bertz CT molecular complexity index is 1190. The van der Waals surface area contributed by atoms with E-state index in [-0.39, 0.29) is 0 Å². The Balaban J connectivity index is 1.64.